The molecular formula is C12H15NO8. The van der Waals surface area contributed by atoms with Gasteiger partial charge in [-0.1, -0.05) is 0 Å². The van der Waals surface area contributed by atoms with E-state index in [9.17, 15) is 25.2 Å². The van der Waals surface area contributed by atoms with Gasteiger partial charge in [-0.3, -0.25) is 4.98 Å². The SMILES string of the molecule is O=C(OC1(O)O[C@H](CO)[C@@H](O)[C@H](O)[C@H]1O)c1cccnc1. The lowest BCUT2D eigenvalue weighted by Crippen LogP contribution is -2.66. The van der Waals surface area contributed by atoms with Gasteiger partial charge < -0.3 is 35.0 Å². The number of carbonyl (C=O) groups is 1. The Hall–Kier alpha value is -1.62. The van der Waals surface area contributed by atoms with Crippen molar-refractivity contribution in [1.82, 2.24) is 4.98 Å². The molecule has 0 aliphatic carbocycles. The molecule has 116 valence electrons. The van der Waals surface area contributed by atoms with Crippen molar-refractivity contribution in [2.24, 2.45) is 0 Å². The second-order valence-corrected chi connectivity index (χ2v) is 4.53. The Bertz CT molecular complexity index is 495. The van der Waals surface area contributed by atoms with E-state index in [4.69, 9.17) is 9.84 Å². The Morgan fingerprint density at radius 2 is 2.10 bits per heavy atom. The van der Waals surface area contributed by atoms with E-state index in [1.54, 1.807) is 0 Å². The number of aromatic nitrogens is 1. The molecule has 5 atom stereocenters. The number of rotatable bonds is 3. The first kappa shape index (κ1) is 15.8. The summed E-state index contributed by atoms with van der Waals surface area (Å²) in [5.74, 6) is -3.97. The van der Waals surface area contributed by atoms with E-state index in [-0.39, 0.29) is 5.56 Å². The molecule has 2 heterocycles. The van der Waals surface area contributed by atoms with Crippen LogP contribution < -0.4 is 0 Å². The molecule has 9 nitrogen and oxygen atoms in total. The van der Waals surface area contributed by atoms with Crippen molar-refractivity contribution >= 4 is 5.97 Å². The van der Waals surface area contributed by atoms with Crippen LogP contribution in [0.2, 0.25) is 0 Å². The van der Waals surface area contributed by atoms with Gasteiger partial charge in [-0.25, -0.2) is 4.79 Å². The molecule has 21 heavy (non-hydrogen) atoms. The highest BCUT2D eigenvalue weighted by Gasteiger charge is 2.55. The lowest BCUT2D eigenvalue weighted by Gasteiger charge is -2.43. The molecule has 0 bridgehead atoms. The maximum atomic E-state index is 11.8. The van der Waals surface area contributed by atoms with Crippen LogP contribution in [0.3, 0.4) is 0 Å². The third kappa shape index (κ3) is 3.02. The minimum absolute atomic E-state index is 0.0251. The summed E-state index contributed by atoms with van der Waals surface area (Å²) in [5.41, 5.74) is -0.0251. The second-order valence-electron chi connectivity index (χ2n) is 4.53. The summed E-state index contributed by atoms with van der Waals surface area (Å²) in [6.07, 6.45) is -4.49. The number of pyridine rings is 1. The largest absolute Gasteiger partial charge is 0.402 e. The zero-order valence-corrected chi connectivity index (χ0v) is 10.7. The van der Waals surface area contributed by atoms with E-state index in [1.165, 1.54) is 18.3 Å². The fourth-order valence-corrected chi connectivity index (χ4v) is 1.88. The number of hydrogen-bond donors (Lipinski definition) is 5. The highest BCUT2D eigenvalue weighted by atomic mass is 16.8. The molecule has 0 saturated carbocycles. The summed E-state index contributed by atoms with van der Waals surface area (Å²) >= 11 is 0. The standard InChI is InChI=1S/C12H15NO8/c14-5-7-8(15)9(16)10(17)12(19,20-7)21-11(18)6-2-1-3-13-4-6/h1-4,7-10,14-17,19H,5H2/t7-,8-,9+,10-,12?/m1/s1. The zero-order chi connectivity index (χ0) is 15.6. The van der Waals surface area contributed by atoms with Gasteiger partial charge in [0.15, 0.2) is 6.10 Å². The van der Waals surface area contributed by atoms with Crippen LogP contribution in [0.5, 0.6) is 0 Å². The van der Waals surface area contributed by atoms with Crippen molar-refractivity contribution in [3.63, 3.8) is 0 Å². The molecule has 1 aliphatic rings. The van der Waals surface area contributed by atoms with Crippen LogP contribution in [0.4, 0.5) is 0 Å². The lowest BCUT2D eigenvalue weighted by molar-refractivity contribution is -0.430. The van der Waals surface area contributed by atoms with E-state index < -0.39 is 43.0 Å². The molecule has 1 aromatic heterocycles. The van der Waals surface area contributed by atoms with Crippen molar-refractivity contribution in [2.75, 3.05) is 6.61 Å². The van der Waals surface area contributed by atoms with Gasteiger partial charge in [0.05, 0.1) is 12.2 Å². The van der Waals surface area contributed by atoms with Crippen LogP contribution in [0.1, 0.15) is 10.4 Å². The molecule has 1 fully saturated rings. The van der Waals surface area contributed by atoms with Crippen molar-refractivity contribution in [1.29, 1.82) is 0 Å². The van der Waals surface area contributed by atoms with Crippen molar-refractivity contribution in [2.45, 2.75) is 30.4 Å². The van der Waals surface area contributed by atoms with Crippen LogP contribution in [-0.4, -0.2) is 73.5 Å². The summed E-state index contributed by atoms with van der Waals surface area (Å²) in [6, 6.07) is 2.80. The first-order valence-electron chi connectivity index (χ1n) is 6.07. The minimum Gasteiger partial charge on any atom is -0.402 e. The van der Waals surface area contributed by atoms with Gasteiger partial charge in [0, 0.05) is 12.4 Å². The number of carbonyl (C=O) groups excluding carboxylic acids is 1. The van der Waals surface area contributed by atoms with E-state index in [0.717, 1.165) is 6.20 Å². The molecule has 9 heteroatoms. The summed E-state index contributed by atoms with van der Waals surface area (Å²) in [7, 11) is 0. The highest BCUT2D eigenvalue weighted by Crippen LogP contribution is 2.29. The number of ether oxygens (including phenoxy) is 2. The molecule has 0 spiro atoms. The quantitative estimate of drug-likeness (QED) is 0.298. The van der Waals surface area contributed by atoms with Crippen LogP contribution in [0, 0.1) is 0 Å². The Kier molecular flexibility index (Phi) is 4.52. The number of aliphatic hydroxyl groups is 5. The summed E-state index contributed by atoms with van der Waals surface area (Å²) in [6.45, 7) is -0.766. The average molecular weight is 301 g/mol. The molecule has 1 aromatic rings. The van der Waals surface area contributed by atoms with Gasteiger partial charge >= 0.3 is 11.9 Å². The molecule has 0 aromatic carbocycles. The van der Waals surface area contributed by atoms with Crippen LogP contribution in [0.15, 0.2) is 24.5 Å². The van der Waals surface area contributed by atoms with E-state index >= 15 is 0 Å². The first-order valence-corrected chi connectivity index (χ1v) is 6.07. The Labute approximate surface area is 119 Å². The molecular weight excluding hydrogens is 286 g/mol. The molecule has 2 rings (SSSR count). The monoisotopic (exact) mass is 301 g/mol. The number of esters is 1. The van der Waals surface area contributed by atoms with E-state index in [1.807, 2.05) is 0 Å². The van der Waals surface area contributed by atoms with Crippen molar-refractivity contribution < 1.29 is 39.8 Å². The number of hydrogen-bond acceptors (Lipinski definition) is 9. The predicted molar refractivity (Wildman–Crippen MR) is 64.6 cm³/mol. The summed E-state index contributed by atoms with van der Waals surface area (Å²) in [4.78, 5) is 15.5. The molecule has 1 aliphatic heterocycles. The fraction of sp³-hybridized carbons (Fsp3) is 0.500. The molecule has 5 N–H and O–H groups in total. The Morgan fingerprint density at radius 3 is 2.67 bits per heavy atom. The van der Waals surface area contributed by atoms with Gasteiger partial charge in [-0.15, -0.1) is 0 Å². The van der Waals surface area contributed by atoms with E-state index in [2.05, 4.69) is 9.72 Å². The van der Waals surface area contributed by atoms with Crippen molar-refractivity contribution in [3.05, 3.63) is 30.1 Å². The summed E-state index contributed by atoms with van der Waals surface area (Å²) in [5, 5.41) is 47.9. The highest BCUT2D eigenvalue weighted by molar-refractivity contribution is 5.89. The lowest BCUT2D eigenvalue weighted by atomic mass is 9.98. The second kappa shape index (κ2) is 6.02. The van der Waals surface area contributed by atoms with Crippen LogP contribution in [-0.2, 0) is 9.47 Å². The van der Waals surface area contributed by atoms with Crippen LogP contribution in [0.25, 0.3) is 0 Å². The topological polar surface area (TPSA) is 150 Å². The van der Waals surface area contributed by atoms with Gasteiger partial charge in [0.1, 0.15) is 18.3 Å². The van der Waals surface area contributed by atoms with Crippen molar-refractivity contribution in [3.8, 4) is 0 Å². The maximum Gasteiger partial charge on any atom is 0.357 e. The normalized spacial score (nSPS) is 36.2. The molecule has 1 unspecified atom stereocenters. The predicted octanol–water partition coefficient (Wildman–Crippen LogP) is -2.64. The number of aliphatic hydroxyl groups excluding tert-OH is 4. The Morgan fingerprint density at radius 1 is 1.38 bits per heavy atom. The number of nitrogens with zero attached hydrogens (tertiary/aromatic N) is 1. The smallest absolute Gasteiger partial charge is 0.357 e. The van der Waals surface area contributed by atoms with Gasteiger partial charge in [0.2, 0.25) is 0 Å². The van der Waals surface area contributed by atoms with Crippen LogP contribution >= 0.6 is 0 Å². The maximum absolute atomic E-state index is 11.8. The molecule has 0 radical (unpaired) electrons. The molecule has 0 amide bonds. The zero-order valence-electron chi connectivity index (χ0n) is 10.7. The van der Waals surface area contributed by atoms with Gasteiger partial charge in [-0.05, 0) is 12.1 Å². The Balaban J connectivity index is 2.18. The molecule has 1 saturated heterocycles. The van der Waals surface area contributed by atoms with Gasteiger partial charge in [0.25, 0.3) is 0 Å². The summed E-state index contributed by atoms with van der Waals surface area (Å²) < 4.78 is 9.44. The minimum atomic E-state index is -2.90. The third-order valence-corrected chi connectivity index (χ3v) is 3.06. The average Bonchev–Trinajstić information content (AvgIpc) is 2.50. The first-order chi connectivity index (χ1) is 9.89. The van der Waals surface area contributed by atoms with Gasteiger partial charge in [-0.2, -0.15) is 0 Å². The fourth-order valence-electron chi connectivity index (χ4n) is 1.88. The third-order valence-electron chi connectivity index (χ3n) is 3.06. The van der Waals surface area contributed by atoms with E-state index in [0.29, 0.717) is 0 Å².